The molecule has 9 atom stereocenters. The molecule has 0 bridgehead atoms. The lowest BCUT2D eigenvalue weighted by Crippen LogP contribution is -2.61. The number of aliphatic hydroxyl groups excluding tert-OH is 6. The maximum absolute atomic E-state index is 13.7. The Morgan fingerprint density at radius 1 is 0.810 bits per heavy atom. The number of rotatable bonds is 8. The minimum Gasteiger partial charge on any atom is -0.493 e. The maximum atomic E-state index is 13.7. The van der Waals surface area contributed by atoms with Gasteiger partial charge in [0, 0.05) is 6.07 Å². The number of hydrogen-bond donors (Lipinski definition) is 6. The van der Waals surface area contributed by atoms with Gasteiger partial charge in [-0.15, -0.1) is 0 Å². The van der Waals surface area contributed by atoms with Crippen LogP contribution in [0.15, 0.2) is 33.5 Å². The van der Waals surface area contributed by atoms with Crippen LogP contribution < -0.4 is 24.4 Å². The topological polar surface area (TPSA) is 216 Å². The zero-order valence-corrected chi connectivity index (χ0v) is 22.8. The predicted octanol–water partition coefficient (Wildman–Crippen LogP) is -1.39. The SMILES string of the molecule is COc1cc(O[C@@H]2O[C@H](CO[C@@H]3OC[C@@H](O)[C@H](O)[C@H]3O)[C@H](O)[C@H](O)[C@H]2O)c2c(=O)c3cccc(OC)c3oc2c1OC. The second-order valence-corrected chi connectivity index (χ2v) is 9.80. The van der Waals surface area contributed by atoms with Gasteiger partial charge in [0.2, 0.25) is 17.5 Å². The summed E-state index contributed by atoms with van der Waals surface area (Å²) >= 11 is 0. The van der Waals surface area contributed by atoms with Crippen LogP contribution in [0.4, 0.5) is 0 Å². The number of aliphatic hydroxyl groups is 6. The molecule has 2 aliphatic heterocycles. The molecule has 15 heteroatoms. The van der Waals surface area contributed by atoms with Gasteiger partial charge >= 0.3 is 0 Å². The van der Waals surface area contributed by atoms with Crippen LogP contribution in [-0.2, 0) is 14.2 Å². The van der Waals surface area contributed by atoms with Crippen molar-refractivity contribution in [1.29, 1.82) is 0 Å². The van der Waals surface area contributed by atoms with Crippen LogP contribution >= 0.6 is 0 Å². The Labute approximate surface area is 237 Å². The Bertz CT molecular complexity index is 1470. The second-order valence-electron chi connectivity index (χ2n) is 9.80. The quantitative estimate of drug-likeness (QED) is 0.165. The Morgan fingerprint density at radius 3 is 2.21 bits per heavy atom. The number of hydrogen-bond acceptors (Lipinski definition) is 15. The Morgan fingerprint density at radius 2 is 1.52 bits per heavy atom. The fraction of sp³-hybridized carbons (Fsp3) is 0.519. The van der Waals surface area contributed by atoms with Crippen LogP contribution in [-0.4, -0.2) is 120 Å². The Hall–Kier alpha value is -3.25. The largest absolute Gasteiger partial charge is 0.493 e. The van der Waals surface area contributed by atoms with Crippen molar-refractivity contribution in [2.45, 2.75) is 55.3 Å². The van der Waals surface area contributed by atoms with Crippen molar-refractivity contribution in [3.63, 3.8) is 0 Å². The van der Waals surface area contributed by atoms with Crippen molar-refractivity contribution < 1.29 is 68.2 Å². The highest BCUT2D eigenvalue weighted by Crippen LogP contribution is 2.43. The van der Waals surface area contributed by atoms with Crippen LogP contribution in [0.3, 0.4) is 0 Å². The molecule has 0 radical (unpaired) electrons. The molecular weight excluding hydrogens is 564 g/mol. The molecule has 0 saturated carbocycles. The summed E-state index contributed by atoms with van der Waals surface area (Å²) in [7, 11) is 4.13. The molecule has 0 spiro atoms. The van der Waals surface area contributed by atoms with Gasteiger partial charge in [0.25, 0.3) is 0 Å². The summed E-state index contributed by atoms with van der Waals surface area (Å²) in [6.45, 7) is -0.811. The molecule has 0 aliphatic carbocycles. The molecule has 0 amide bonds. The lowest BCUT2D eigenvalue weighted by molar-refractivity contribution is -0.307. The van der Waals surface area contributed by atoms with Gasteiger partial charge < -0.3 is 68.2 Å². The predicted molar refractivity (Wildman–Crippen MR) is 141 cm³/mol. The van der Waals surface area contributed by atoms with E-state index >= 15 is 0 Å². The summed E-state index contributed by atoms with van der Waals surface area (Å²) in [5.74, 6) is 0.317. The van der Waals surface area contributed by atoms with Gasteiger partial charge in [-0.2, -0.15) is 0 Å². The van der Waals surface area contributed by atoms with Gasteiger partial charge in [0.1, 0.15) is 53.9 Å². The summed E-state index contributed by atoms with van der Waals surface area (Å²) in [6.07, 6.45) is -14.1. The van der Waals surface area contributed by atoms with E-state index in [1.807, 2.05) is 0 Å². The molecule has 3 heterocycles. The Balaban J connectivity index is 1.49. The highest BCUT2D eigenvalue weighted by molar-refractivity contribution is 5.99. The minimum absolute atomic E-state index is 0.0520. The molecule has 230 valence electrons. The van der Waals surface area contributed by atoms with E-state index in [1.165, 1.54) is 33.5 Å². The van der Waals surface area contributed by atoms with E-state index in [2.05, 4.69) is 0 Å². The first-order valence-corrected chi connectivity index (χ1v) is 12.9. The molecule has 2 aromatic carbocycles. The number of fused-ring (bicyclic) bond motifs is 2. The van der Waals surface area contributed by atoms with Crippen LogP contribution in [0.2, 0.25) is 0 Å². The first kappa shape index (κ1) is 30.2. The van der Waals surface area contributed by atoms with E-state index < -0.39 is 67.3 Å². The van der Waals surface area contributed by atoms with E-state index in [-0.39, 0.29) is 45.8 Å². The number of methoxy groups -OCH3 is 3. The standard InChI is InChI=1S/C27H32O15/c1-35-12-6-4-5-10-17(29)16-13(7-14(36-2)24(37-3)25(16)42-23(10)12)40-27-22(34)20(32)19(31)15(41-27)9-39-26-21(33)18(30)11(28)8-38-26/h4-7,11,15,18-22,26-28,30-34H,8-9H2,1-3H3/t11-,15-,18+,19+,20+,21-,22-,26+,27-/m1/s1. The third-order valence-corrected chi connectivity index (χ3v) is 7.25. The average molecular weight is 597 g/mol. The first-order valence-electron chi connectivity index (χ1n) is 12.9. The molecule has 2 saturated heterocycles. The molecular formula is C27H32O15. The smallest absolute Gasteiger partial charge is 0.229 e. The van der Waals surface area contributed by atoms with Crippen LogP contribution in [0.5, 0.6) is 23.0 Å². The average Bonchev–Trinajstić information content (AvgIpc) is 2.99. The second kappa shape index (κ2) is 12.2. The highest BCUT2D eigenvalue weighted by atomic mass is 16.7. The number of benzene rings is 2. The van der Waals surface area contributed by atoms with Crippen LogP contribution in [0.25, 0.3) is 21.9 Å². The van der Waals surface area contributed by atoms with Crippen molar-refractivity contribution in [3.8, 4) is 23.0 Å². The number of ether oxygens (including phenoxy) is 7. The maximum Gasteiger partial charge on any atom is 0.229 e. The van der Waals surface area contributed by atoms with Crippen molar-refractivity contribution in [2.24, 2.45) is 0 Å². The third-order valence-electron chi connectivity index (χ3n) is 7.25. The van der Waals surface area contributed by atoms with Gasteiger partial charge in [-0.3, -0.25) is 4.79 Å². The van der Waals surface area contributed by atoms with Gasteiger partial charge in [-0.25, -0.2) is 0 Å². The first-order chi connectivity index (χ1) is 20.1. The lowest BCUT2D eigenvalue weighted by Gasteiger charge is -2.41. The van der Waals surface area contributed by atoms with Gasteiger partial charge in [0.15, 0.2) is 29.0 Å². The zero-order valence-electron chi connectivity index (χ0n) is 22.8. The molecule has 15 nitrogen and oxygen atoms in total. The molecule has 3 aromatic rings. The fourth-order valence-electron chi connectivity index (χ4n) is 4.93. The van der Waals surface area contributed by atoms with E-state index in [9.17, 15) is 35.4 Å². The molecule has 5 rings (SSSR count). The normalized spacial score (nSPS) is 31.7. The van der Waals surface area contributed by atoms with Crippen molar-refractivity contribution in [1.82, 2.24) is 0 Å². The third kappa shape index (κ3) is 5.23. The van der Waals surface area contributed by atoms with E-state index in [0.29, 0.717) is 5.75 Å². The molecule has 2 aliphatic rings. The summed E-state index contributed by atoms with van der Waals surface area (Å²) in [4.78, 5) is 13.7. The van der Waals surface area contributed by atoms with Crippen molar-refractivity contribution in [2.75, 3.05) is 34.5 Å². The van der Waals surface area contributed by atoms with Crippen molar-refractivity contribution in [3.05, 3.63) is 34.5 Å². The summed E-state index contributed by atoms with van der Waals surface area (Å²) in [5.41, 5.74) is -0.440. The zero-order chi connectivity index (χ0) is 30.3. The van der Waals surface area contributed by atoms with Crippen LogP contribution in [0, 0.1) is 0 Å². The van der Waals surface area contributed by atoms with Gasteiger partial charge in [0.05, 0.1) is 39.9 Å². The van der Waals surface area contributed by atoms with Crippen molar-refractivity contribution >= 4 is 21.9 Å². The lowest BCUT2D eigenvalue weighted by atomic mass is 9.99. The molecule has 42 heavy (non-hydrogen) atoms. The van der Waals surface area contributed by atoms with E-state index in [4.69, 9.17) is 37.6 Å². The van der Waals surface area contributed by atoms with Gasteiger partial charge in [-0.05, 0) is 12.1 Å². The summed E-state index contributed by atoms with van der Waals surface area (Å²) in [6, 6.07) is 6.07. The highest BCUT2D eigenvalue weighted by Gasteiger charge is 2.46. The monoisotopic (exact) mass is 596 g/mol. The van der Waals surface area contributed by atoms with E-state index in [1.54, 1.807) is 12.1 Å². The number of para-hydroxylation sites is 1. The summed E-state index contributed by atoms with van der Waals surface area (Å²) in [5, 5.41) is 61.5. The molecule has 2 fully saturated rings. The van der Waals surface area contributed by atoms with Crippen LogP contribution in [0.1, 0.15) is 0 Å². The summed E-state index contributed by atoms with van der Waals surface area (Å²) < 4.78 is 44.6. The fourth-order valence-corrected chi connectivity index (χ4v) is 4.93. The van der Waals surface area contributed by atoms with E-state index in [0.717, 1.165) is 0 Å². The molecule has 6 N–H and O–H groups in total. The Kier molecular flexibility index (Phi) is 8.75. The molecule has 1 aromatic heterocycles. The minimum atomic E-state index is -1.79. The molecule has 0 unspecified atom stereocenters. The van der Waals surface area contributed by atoms with Gasteiger partial charge in [-0.1, -0.05) is 6.07 Å².